The molecule has 2 rings (SSSR count). The van der Waals surface area contributed by atoms with Gasteiger partial charge in [0.15, 0.2) is 5.96 Å². The minimum absolute atomic E-state index is 0.140. The fourth-order valence-corrected chi connectivity index (χ4v) is 3.11. The van der Waals surface area contributed by atoms with Crippen LogP contribution in [0.3, 0.4) is 0 Å². The summed E-state index contributed by atoms with van der Waals surface area (Å²) in [5, 5.41) is 3.88. The summed E-state index contributed by atoms with van der Waals surface area (Å²) in [5.41, 5.74) is 1.09. The fourth-order valence-electron chi connectivity index (χ4n) is 2.84. The topological polar surface area (TPSA) is 52.9 Å². The van der Waals surface area contributed by atoms with Crippen molar-refractivity contribution < 1.29 is 4.79 Å². The molecule has 1 aromatic rings. The first kappa shape index (κ1) is 17.7. The van der Waals surface area contributed by atoms with Crippen LogP contribution >= 0.6 is 11.6 Å². The number of carbonyl (C=O) groups is 1. The van der Waals surface area contributed by atoms with Crippen LogP contribution in [0.4, 0.5) is 0 Å². The number of rotatable bonds is 4. The molecule has 0 aromatic carbocycles. The van der Waals surface area contributed by atoms with Gasteiger partial charge in [0.2, 0.25) is 5.91 Å². The minimum atomic E-state index is 0.140. The molecule has 0 unspecified atom stereocenters. The number of carbonyl (C=O) groups excluding carboxylic acids is 1. The van der Waals surface area contributed by atoms with Crippen LogP contribution in [0, 0.1) is 0 Å². The maximum atomic E-state index is 12.2. The van der Waals surface area contributed by atoms with E-state index in [0.717, 1.165) is 36.6 Å². The van der Waals surface area contributed by atoms with Crippen LogP contribution in [0.25, 0.3) is 0 Å². The summed E-state index contributed by atoms with van der Waals surface area (Å²) in [7, 11) is 5.63. The summed E-state index contributed by atoms with van der Waals surface area (Å²) >= 11 is 6.02. The molecule has 1 aliphatic rings. The van der Waals surface area contributed by atoms with E-state index in [1.54, 1.807) is 7.05 Å². The third kappa shape index (κ3) is 4.89. The summed E-state index contributed by atoms with van der Waals surface area (Å²) < 4.78 is 1.99. The van der Waals surface area contributed by atoms with Crippen LogP contribution in [0.2, 0.25) is 5.02 Å². The van der Waals surface area contributed by atoms with E-state index in [1.165, 1.54) is 6.42 Å². The number of piperidine rings is 1. The summed E-state index contributed by atoms with van der Waals surface area (Å²) in [5.74, 6) is 0.842. The van der Waals surface area contributed by atoms with Crippen LogP contribution < -0.4 is 5.32 Å². The Morgan fingerprint density at radius 1 is 1.39 bits per heavy atom. The van der Waals surface area contributed by atoms with E-state index in [9.17, 15) is 4.79 Å². The molecule has 0 aliphatic carbocycles. The van der Waals surface area contributed by atoms with E-state index >= 15 is 0 Å². The van der Waals surface area contributed by atoms with Crippen molar-refractivity contribution in [3.8, 4) is 0 Å². The Bertz CT molecular complexity index is 563. The van der Waals surface area contributed by atoms with Crippen LogP contribution in [-0.4, -0.2) is 60.0 Å². The minimum Gasteiger partial charge on any atom is -0.351 e. The van der Waals surface area contributed by atoms with Crippen molar-refractivity contribution >= 4 is 23.5 Å². The average Bonchev–Trinajstić information content (AvgIpc) is 2.86. The van der Waals surface area contributed by atoms with Gasteiger partial charge in [-0.1, -0.05) is 11.6 Å². The number of nitrogens with zero attached hydrogens (tertiary/aromatic N) is 4. The SMILES string of the molecule is CN=C(NCC(=O)N1CCCCC1)N(C)Cc1cc(Cl)cn1C. The smallest absolute Gasteiger partial charge is 0.241 e. The zero-order chi connectivity index (χ0) is 16.8. The quantitative estimate of drug-likeness (QED) is 0.671. The number of aryl methyl sites for hydroxylation is 1. The van der Waals surface area contributed by atoms with Gasteiger partial charge < -0.3 is 19.7 Å². The monoisotopic (exact) mass is 339 g/mol. The zero-order valence-corrected chi connectivity index (χ0v) is 14.9. The van der Waals surface area contributed by atoms with Crippen molar-refractivity contribution in [3.05, 3.63) is 23.0 Å². The number of amides is 1. The maximum Gasteiger partial charge on any atom is 0.241 e. The lowest BCUT2D eigenvalue weighted by atomic mass is 10.1. The first-order chi connectivity index (χ1) is 11.0. The molecule has 128 valence electrons. The maximum absolute atomic E-state index is 12.2. The van der Waals surface area contributed by atoms with Crippen LogP contribution in [-0.2, 0) is 18.4 Å². The first-order valence-electron chi connectivity index (χ1n) is 8.01. The molecule has 7 heteroatoms. The highest BCUT2D eigenvalue weighted by atomic mass is 35.5. The molecular formula is C16H26ClN5O. The largest absolute Gasteiger partial charge is 0.351 e. The van der Waals surface area contributed by atoms with Gasteiger partial charge in [-0.05, 0) is 25.3 Å². The van der Waals surface area contributed by atoms with Crippen molar-refractivity contribution in [1.82, 2.24) is 19.7 Å². The molecule has 1 aliphatic heterocycles. The first-order valence-corrected chi connectivity index (χ1v) is 8.39. The molecule has 6 nitrogen and oxygen atoms in total. The lowest BCUT2D eigenvalue weighted by Gasteiger charge is -2.28. The van der Waals surface area contributed by atoms with E-state index in [0.29, 0.717) is 12.5 Å². The fraction of sp³-hybridized carbons (Fsp3) is 0.625. The molecule has 0 bridgehead atoms. The molecule has 0 atom stereocenters. The van der Waals surface area contributed by atoms with Gasteiger partial charge in [-0.15, -0.1) is 0 Å². The standard InChI is InChI=1S/C16H26ClN5O/c1-18-16(19-10-15(23)22-7-5-4-6-8-22)21(3)12-14-9-13(17)11-20(14)2/h9,11H,4-8,10,12H2,1-3H3,(H,18,19). The Balaban J connectivity index is 1.86. The highest BCUT2D eigenvalue weighted by Crippen LogP contribution is 2.14. The molecule has 1 saturated heterocycles. The lowest BCUT2D eigenvalue weighted by Crippen LogP contribution is -2.46. The molecular weight excluding hydrogens is 314 g/mol. The van der Waals surface area contributed by atoms with E-state index in [-0.39, 0.29) is 12.5 Å². The normalized spacial score (nSPS) is 15.7. The molecule has 1 N–H and O–H groups in total. The Labute approximate surface area is 143 Å². The van der Waals surface area contributed by atoms with Gasteiger partial charge in [0, 0.05) is 46.1 Å². The van der Waals surface area contributed by atoms with E-state index in [1.807, 2.05) is 40.7 Å². The molecule has 0 radical (unpaired) electrons. The Morgan fingerprint density at radius 3 is 2.65 bits per heavy atom. The highest BCUT2D eigenvalue weighted by molar-refractivity contribution is 6.30. The van der Waals surface area contributed by atoms with Gasteiger partial charge in [0.1, 0.15) is 0 Å². The number of aliphatic imine (C=N–C) groups is 1. The molecule has 1 fully saturated rings. The second kappa shape index (κ2) is 8.24. The summed E-state index contributed by atoms with van der Waals surface area (Å²) in [6.07, 6.45) is 5.31. The van der Waals surface area contributed by atoms with Gasteiger partial charge in [-0.25, -0.2) is 0 Å². The molecule has 1 aromatic heterocycles. The van der Waals surface area contributed by atoms with Crippen molar-refractivity contribution in [2.24, 2.45) is 12.0 Å². The van der Waals surface area contributed by atoms with Crippen molar-refractivity contribution in [3.63, 3.8) is 0 Å². The summed E-state index contributed by atoms with van der Waals surface area (Å²) in [4.78, 5) is 20.4. The van der Waals surface area contributed by atoms with E-state index in [4.69, 9.17) is 11.6 Å². The second-order valence-electron chi connectivity index (χ2n) is 5.96. The predicted octanol–water partition coefficient (Wildman–Crippen LogP) is 1.70. The summed E-state index contributed by atoms with van der Waals surface area (Å²) in [6, 6.07) is 1.93. The number of hydrogen-bond donors (Lipinski definition) is 1. The van der Waals surface area contributed by atoms with E-state index in [2.05, 4.69) is 10.3 Å². The van der Waals surface area contributed by atoms with Gasteiger partial charge in [0.25, 0.3) is 0 Å². The number of hydrogen-bond acceptors (Lipinski definition) is 2. The van der Waals surface area contributed by atoms with Crippen LogP contribution in [0.5, 0.6) is 0 Å². The third-order valence-corrected chi connectivity index (χ3v) is 4.36. The molecule has 1 amide bonds. The van der Waals surface area contributed by atoms with Crippen molar-refractivity contribution in [2.45, 2.75) is 25.8 Å². The van der Waals surface area contributed by atoms with Crippen LogP contribution in [0.15, 0.2) is 17.3 Å². The van der Waals surface area contributed by atoms with Crippen molar-refractivity contribution in [2.75, 3.05) is 33.7 Å². The van der Waals surface area contributed by atoms with Gasteiger partial charge in [-0.2, -0.15) is 0 Å². The Morgan fingerprint density at radius 2 is 2.09 bits per heavy atom. The van der Waals surface area contributed by atoms with Gasteiger partial charge >= 0.3 is 0 Å². The average molecular weight is 340 g/mol. The number of halogens is 1. The molecule has 0 saturated carbocycles. The zero-order valence-electron chi connectivity index (χ0n) is 14.2. The molecule has 0 spiro atoms. The summed E-state index contributed by atoms with van der Waals surface area (Å²) in [6.45, 7) is 2.69. The Kier molecular flexibility index (Phi) is 6.33. The third-order valence-electron chi connectivity index (χ3n) is 4.15. The molecule has 23 heavy (non-hydrogen) atoms. The number of likely N-dealkylation sites (tertiary alicyclic amines) is 1. The van der Waals surface area contributed by atoms with Crippen molar-refractivity contribution in [1.29, 1.82) is 0 Å². The lowest BCUT2D eigenvalue weighted by molar-refractivity contribution is -0.130. The van der Waals surface area contributed by atoms with Crippen LogP contribution in [0.1, 0.15) is 25.0 Å². The number of guanidine groups is 1. The second-order valence-corrected chi connectivity index (χ2v) is 6.40. The molecule has 2 heterocycles. The predicted molar refractivity (Wildman–Crippen MR) is 93.7 cm³/mol. The van der Waals surface area contributed by atoms with Gasteiger partial charge in [-0.3, -0.25) is 9.79 Å². The number of aromatic nitrogens is 1. The highest BCUT2D eigenvalue weighted by Gasteiger charge is 2.17. The van der Waals surface area contributed by atoms with E-state index < -0.39 is 0 Å². The number of nitrogens with one attached hydrogen (secondary N) is 1. The van der Waals surface area contributed by atoms with Gasteiger partial charge in [0.05, 0.1) is 18.1 Å². The Hall–Kier alpha value is -1.69.